The summed E-state index contributed by atoms with van der Waals surface area (Å²) in [6.45, 7) is 0. The Labute approximate surface area is 124 Å². The molecule has 116 valence electrons. The minimum Gasteiger partial charge on any atom is -0.377 e. The first-order valence-corrected chi connectivity index (χ1v) is 6.34. The molecule has 3 N–H and O–H groups in total. The molecule has 0 amide bonds. The number of aliphatic hydroxyl groups is 2. The largest absolute Gasteiger partial charge is 0.401 e. The normalized spacial score (nSPS) is 35.4. The van der Waals surface area contributed by atoms with Crippen molar-refractivity contribution in [3.05, 3.63) is 35.9 Å². The highest BCUT2D eigenvalue weighted by Gasteiger charge is 2.70. The summed E-state index contributed by atoms with van der Waals surface area (Å²) in [5.41, 5.74) is -3.35. The molecule has 1 aromatic rings. The van der Waals surface area contributed by atoms with Gasteiger partial charge in [-0.15, -0.1) is 0 Å². The van der Waals surface area contributed by atoms with Gasteiger partial charge in [-0.2, -0.15) is 23.7 Å². The minimum absolute atomic E-state index is 0.347. The van der Waals surface area contributed by atoms with Crippen molar-refractivity contribution in [1.82, 2.24) is 5.32 Å². The SMILES string of the molecule is N#CC1C(O)NC(O)C(C#N)C1(c1ccccc1)C(F)(F)F. The van der Waals surface area contributed by atoms with Gasteiger partial charge in [0.2, 0.25) is 0 Å². The number of nitrogens with one attached hydrogen (secondary N) is 1. The van der Waals surface area contributed by atoms with Gasteiger partial charge in [0.05, 0.1) is 12.1 Å². The van der Waals surface area contributed by atoms with Crippen molar-refractivity contribution >= 4 is 0 Å². The molecular formula is C14H12F3N3O2. The van der Waals surface area contributed by atoms with E-state index in [1.807, 2.05) is 5.32 Å². The van der Waals surface area contributed by atoms with Gasteiger partial charge >= 0.3 is 6.18 Å². The van der Waals surface area contributed by atoms with Gasteiger partial charge in [0.1, 0.15) is 29.7 Å². The van der Waals surface area contributed by atoms with E-state index in [9.17, 15) is 33.9 Å². The van der Waals surface area contributed by atoms with Crippen LogP contribution in [0.5, 0.6) is 0 Å². The summed E-state index contributed by atoms with van der Waals surface area (Å²) >= 11 is 0. The number of benzene rings is 1. The number of nitriles is 2. The predicted octanol–water partition coefficient (Wildman–Crippen LogP) is 1.01. The van der Waals surface area contributed by atoms with Crippen LogP contribution in [0.4, 0.5) is 13.2 Å². The van der Waals surface area contributed by atoms with Crippen LogP contribution in [0.25, 0.3) is 0 Å². The number of hydrogen-bond donors (Lipinski definition) is 3. The Hall–Kier alpha value is -2.13. The molecule has 1 saturated heterocycles. The van der Waals surface area contributed by atoms with Crippen LogP contribution in [-0.2, 0) is 5.41 Å². The summed E-state index contributed by atoms with van der Waals surface area (Å²) in [5, 5.41) is 40.0. The van der Waals surface area contributed by atoms with Crippen molar-refractivity contribution in [2.45, 2.75) is 24.0 Å². The van der Waals surface area contributed by atoms with E-state index < -0.39 is 35.9 Å². The van der Waals surface area contributed by atoms with E-state index in [1.165, 1.54) is 30.3 Å². The fourth-order valence-electron chi connectivity index (χ4n) is 2.99. The Morgan fingerprint density at radius 3 is 1.82 bits per heavy atom. The maximum absolute atomic E-state index is 14.0. The van der Waals surface area contributed by atoms with Crippen LogP contribution in [0.2, 0.25) is 0 Å². The number of hydrogen-bond acceptors (Lipinski definition) is 5. The molecule has 5 nitrogen and oxygen atoms in total. The van der Waals surface area contributed by atoms with Crippen molar-refractivity contribution in [2.24, 2.45) is 11.8 Å². The summed E-state index contributed by atoms with van der Waals surface area (Å²) in [6, 6.07) is 9.31. The standard InChI is InChI=1S/C14H12F3N3O2/c15-14(16,17)13(8-4-2-1-3-5-8)9(6-18)11(21)20-12(22)10(13)7-19/h1-5,9-12,20-22H. The highest BCUT2D eigenvalue weighted by molar-refractivity contribution is 5.37. The summed E-state index contributed by atoms with van der Waals surface area (Å²) in [6.07, 6.45) is -8.88. The molecule has 1 aliphatic rings. The molecule has 8 heteroatoms. The first kappa shape index (κ1) is 16.2. The molecule has 2 rings (SSSR count). The van der Waals surface area contributed by atoms with Gasteiger partial charge in [-0.05, 0) is 5.56 Å². The van der Waals surface area contributed by atoms with Gasteiger partial charge in [-0.1, -0.05) is 30.3 Å². The Morgan fingerprint density at radius 2 is 1.45 bits per heavy atom. The topological polar surface area (TPSA) is 100 Å². The van der Waals surface area contributed by atoms with Gasteiger partial charge in [-0.25, -0.2) is 0 Å². The van der Waals surface area contributed by atoms with E-state index >= 15 is 0 Å². The molecule has 1 heterocycles. The molecule has 0 aliphatic carbocycles. The zero-order chi connectivity index (χ0) is 16.5. The van der Waals surface area contributed by atoms with Gasteiger partial charge < -0.3 is 10.2 Å². The number of rotatable bonds is 1. The van der Waals surface area contributed by atoms with Gasteiger partial charge in [0, 0.05) is 0 Å². The van der Waals surface area contributed by atoms with Crippen LogP contribution in [-0.4, -0.2) is 28.8 Å². The third-order valence-electron chi connectivity index (χ3n) is 3.95. The van der Waals surface area contributed by atoms with E-state index in [4.69, 9.17) is 0 Å². The molecule has 4 atom stereocenters. The van der Waals surface area contributed by atoms with Crippen molar-refractivity contribution in [3.8, 4) is 12.1 Å². The fourth-order valence-corrected chi connectivity index (χ4v) is 2.99. The van der Waals surface area contributed by atoms with E-state index in [0.29, 0.717) is 0 Å². The Kier molecular flexibility index (Phi) is 4.12. The van der Waals surface area contributed by atoms with Crippen LogP contribution >= 0.6 is 0 Å². The fraction of sp³-hybridized carbons (Fsp3) is 0.429. The predicted molar refractivity (Wildman–Crippen MR) is 67.5 cm³/mol. The third-order valence-corrected chi connectivity index (χ3v) is 3.95. The number of halogens is 3. The number of aliphatic hydroxyl groups excluding tert-OH is 2. The van der Waals surface area contributed by atoms with E-state index in [-0.39, 0.29) is 5.56 Å². The summed E-state index contributed by atoms with van der Waals surface area (Å²) < 4.78 is 41.9. The van der Waals surface area contributed by atoms with Gasteiger partial charge in [0.25, 0.3) is 0 Å². The Morgan fingerprint density at radius 1 is 1.00 bits per heavy atom. The van der Waals surface area contributed by atoms with Crippen LogP contribution in [0.15, 0.2) is 30.3 Å². The van der Waals surface area contributed by atoms with Gasteiger partial charge in [-0.3, -0.25) is 5.32 Å². The van der Waals surface area contributed by atoms with Crippen LogP contribution in [0.3, 0.4) is 0 Å². The molecule has 4 unspecified atom stereocenters. The lowest BCUT2D eigenvalue weighted by Crippen LogP contribution is -2.68. The molecule has 0 saturated carbocycles. The number of piperidine rings is 1. The lowest BCUT2D eigenvalue weighted by atomic mass is 9.59. The van der Waals surface area contributed by atoms with Crippen molar-refractivity contribution in [3.63, 3.8) is 0 Å². The second-order valence-corrected chi connectivity index (χ2v) is 5.00. The van der Waals surface area contributed by atoms with Crippen LogP contribution in [0, 0.1) is 34.5 Å². The first-order chi connectivity index (χ1) is 10.3. The minimum atomic E-state index is -5.03. The molecule has 1 aromatic carbocycles. The number of alkyl halides is 3. The smallest absolute Gasteiger partial charge is 0.377 e. The van der Waals surface area contributed by atoms with Gasteiger partial charge in [0.15, 0.2) is 0 Å². The van der Waals surface area contributed by atoms with Crippen molar-refractivity contribution < 1.29 is 23.4 Å². The lowest BCUT2D eigenvalue weighted by molar-refractivity contribution is -0.249. The lowest BCUT2D eigenvalue weighted by Gasteiger charge is -2.49. The van der Waals surface area contributed by atoms with E-state index in [1.54, 1.807) is 0 Å². The second-order valence-electron chi connectivity index (χ2n) is 5.00. The Balaban J connectivity index is 2.82. The molecule has 0 spiro atoms. The van der Waals surface area contributed by atoms with Crippen LogP contribution in [0.1, 0.15) is 5.56 Å². The van der Waals surface area contributed by atoms with E-state index in [0.717, 1.165) is 12.1 Å². The second kappa shape index (κ2) is 5.58. The summed E-state index contributed by atoms with van der Waals surface area (Å²) in [4.78, 5) is 0. The average molecular weight is 311 g/mol. The summed E-state index contributed by atoms with van der Waals surface area (Å²) in [5.74, 6) is -3.97. The van der Waals surface area contributed by atoms with Crippen LogP contribution < -0.4 is 5.32 Å². The highest BCUT2D eigenvalue weighted by Crippen LogP contribution is 2.54. The summed E-state index contributed by atoms with van der Waals surface area (Å²) in [7, 11) is 0. The molecule has 1 aliphatic heterocycles. The maximum Gasteiger partial charge on any atom is 0.401 e. The zero-order valence-corrected chi connectivity index (χ0v) is 11.1. The monoisotopic (exact) mass is 311 g/mol. The van der Waals surface area contributed by atoms with Crippen molar-refractivity contribution in [2.75, 3.05) is 0 Å². The number of nitrogens with zero attached hydrogens (tertiary/aromatic N) is 2. The molecular weight excluding hydrogens is 299 g/mol. The molecule has 0 aromatic heterocycles. The van der Waals surface area contributed by atoms with Crippen molar-refractivity contribution in [1.29, 1.82) is 10.5 Å². The third kappa shape index (κ3) is 2.13. The zero-order valence-electron chi connectivity index (χ0n) is 11.1. The molecule has 0 radical (unpaired) electrons. The quantitative estimate of drug-likeness (QED) is 0.718. The van der Waals surface area contributed by atoms with E-state index in [2.05, 4.69) is 0 Å². The highest BCUT2D eigenvalue weighted by atomic mass is 19.4. The average Bonchev–Trinajstić information content (AvgIpc) is 2.46. The molecule has 1 fully saturated rings. The maximum atomic E-state index is 14.0. The Bertz CT molecular complexity index is 595. The molecule has 0 bridgehead atoms. The molecule has 22 heavy (non-hydrogen) atoms. The first-order valence-electron chi connectivity index (χ1n) is 6.34.